The van der Waals surface area contributed by atoms with Crippen LogP contribution in [-0.2, 0) is 14.8 Å². The van der Waals surface area contributed by atoms with E-state index in [0.29, 0.717) is 23.8 Å². The lowest BCUT2D eigenvalue weighted by atomic mass is 9.86. The molecule has 9 heteroatoms. The van der Waals surface area contributed by atoms with Gasteiger partial charge < -0.3 is 5.11 Å². The van der Waals surface area contributed by atoms with Crippen molar-refractivity contribution in [2.45, 2.75) is 42.7 Å². The van der Waals surface area contributed by atoms with Gasteiger partial charge in [0.15, 0.2) is 0 Å². The van der Waals surface area contributed by atoms with Crippen LogP contribution in [0.25, 0.3) is 0 Å². The molecule has 0 radical (unpaired) electrons. The van der Waals surface area contributed by atoms with Crippen LogP contribution in [0, 0.1) is 17.2 Å². The van der Waals surface area contributed by atoms with Crippen LogP contribution in [0.4, 0.5) is 0 Å². The van der Waals surface area contributed by atoms with Crippen molar-refractivity contribution < 1.29 is 18.3 Å². The van der Waals surface area contributed by atoms with E-state index in [1.54, 1.807) is 0 Å². The van der Waals surface area contributed by atoms with Crippen LogP contribution in [0.1, 0.15) is 31.2 Å². The Morgan fingerprint density at radius 1 is 1.38 bits per heavy atom. The highest BCUT2D eigenvalue weighted by molar-refractivity contribution is 7.89. The van der Waals surface area contributed by atoms with Crippen molar-refractivity contribution in [3.8, 4) is 6.07 Å². The van der Waals surface area contributed by atoms with Crippen molar-refractivity contribution in [2.24, 2.45) is 5.92 Å². The van der Waals surface area contributed by atoms with E-state index in [2.05, 4.69) is 4.72 Å². The summed E-state index contributed by atoms with van der Waals surface area (Å²) in [6.45, 7) is 0.739. The van der Waals surface area contributed by atoms with Gasteiger partial charge in [0.1, 0.15) is 6.07 Å². The van der Waals surface area contributed by atoms with Gasteiger partial charge in [-0.1, -0.05) is 11.6 Å². The summed E-state index contributed by atoms with van der Waals surface area (Å²) in [6.07, 6.45) is 3.39. The number of hydrogen-bond acceptors (Lipinski definition) is 5. The Hall–Kier alpha value is -1.66. The maximum Gasteiger partial charge on any atom is 0.317 e. The Morgan fingerprint density at radius 3 is 2.65 bits per heavy atom. The average molecular weight is 398 g/mol. The number of rotatable bonds is 8. The summed E-state index contributed by atoms with van der Waals surface area (Å²) in [7, 11) is -3.83. The van der Waals surface area contributed by atoms with E-state index in [9.17, 15) is 13.2 Å². The summed E-state index contributed by atoms with van der Waals surface area (Å²) < 4.78 is 27.7. The fraction of sp³-hybridized carbons (Fsp3) is 0.529. The van der Waals surface area contributed by atoms with Gasteiger partial charge in [-0.3, -0.25) is 9.69 Å². The minimum absolute atomic E-state index is 0.00195. The molecule has 3 rings (SSSR count). The maximum absolute atomic E-state index is 12.6. The first-order valence-corrected chi connectivity index (χ1v) is 10.3. The fourth-order valence-corrected chi connectivity index (χ4v) is 4.81. The second-order valence-electron chi connectivity index (χ2n) is 6.96. The molecule has 0 spiro atoms. The first kappa shape index (κ1) is 19.1. The molecular formula is C17H20ClN3O4S. The monoisotopic (exact) mass is 397 g/mol. The molecular weight excluding hydrogens is 378 g/mol. The zero-order valence-electron chi connectivity index (χ0n) is 14.1. The van der Waals surface area contributed by atoms with E-state index >= 15 is 0 Å². The smallest absolute Gasteiger partial charge is 0.317 e. The third kappa shape index (κ3) is 4.54. The molecule has 2 aliphatic carbocycles. The SMILES string of the molecule is N#Cc1cc(Cl)ccc1S(=O)(=O)NC1CC(N(CC(=O)O)CC2CC2)C1. The second-order valence-corrected chi connectivity index (χ2v) is 9.08. The van der Waals surface area contributed by atoms with Gasteiger partial charge in [-0.05, 0) is 49.8 Å². The van der Waals surface area contributed by atoms with Crippen molar-refractivity contribution in [1.82, 2.24) is 9.62 Å². The molecule has 2 saturated carbocycles. The number of nitrogens with zero attached hydrogens (tertiary/aromatic N) is 2. The second kappa shape index (κ2) is 7.53. The zero-order valence-corrected chi connectivity index (χ0v) is 15.6. The Bertz CT molecular complexity index is 842. The molecule has 2 N–H and O–H groups in total. The molecule has 0 heterocycles. The summed E-state index contributed by atoms with van der Waals surface area (Å²) in [6, 6.07) is 5.74. The molecule has 0 bridgehead atoms. The molecule has 26 heavy (non-hydrogen) atoms. The first-order valence-electron chi connectivity index (χ1n) is 8.46. The minimum atomic E-state index is -3.83. The number of nitriles is 1. The van der Waals surface area contributed by atoms with Crippen molar-refractivity contribution in [1.29, 1.82) is 5.26 Å². The molecule has 0 amide bonds. The lowest BCUT2D eigenvalue weighted by molar-refractivity contribution is -0.139. The molecule has 0 unspecified atom stereocenters. The van der Waals surface area contributed by atoms with Gasteiger partial charge in [-0.15, -0.1) is 0 Å². The molecule has 0 atom stereocenters. The van der Waals surface area contributed by atoms with Gasteiger partial charge in [-0.25, -0.2) is 13.1 Å². The van der Waals surface area contributed by atoms with E-state index in [1.165, 1.54) is 18.2 Å². The van der Waals surface area contributed by atoms with Crippen LogP contribution in [-0.4, -0.2) is 49.6 Å². The largest absolute Gasteiger partial charge is 0.480 e. The molecule has 1 aromatic rings. The van der Waals surface area contributed by atoms with Crippen LogP contribution in [0.15, 0.2) is 23.1 Å². The number of benzene rings is 1. The first-order chi connectivity index (χ1) is 12.3. The highest BCUT2D eigenvalue weighted by atomic mass is 35.5. The number of carboxylic acid groups (broad SMARTS) is 1. The van der Waals surface area contributed by atoms with Gasteiger partial charge in [0.25, 0.3) is 0 Å². The number of aliphatic carboxylic acids is 1. The van der Waals surface area contributed by atoms with E-state index < -0.39 is 16.0 Å². The van der Waals surface area contributed by atoms with Gasteiger partial charge in [0, 0.05) is 23.7 Å². The number of halogens is 1. The number of carboxylic acids is 1. The quantitative estimate of drug-likeness (QED) is 0.692. The molecule has 140 valence electrons. The Balaban J connectivity index is 1.62. The normalized spacial score (nSPS) is 22.7. The van der Waals surface area contributed by atoms with E-state index in [-0.39, 0.29) is 29.1 Å². The van der Waals surface area contributed by atoms with Crippen LogP contribution in [0.3, 0.4) is 0 Å². The molecule has 7 nitrogen and oxygen atoms in total. The lowest BCUT2D eigenvalue weighted by Gasteiger charge is -2.42. The van der Waals surface area contributed by atoms with Crippen LogP contribution in [0.5, 0.6) is 0 Å². The molecule has 0 saturated heterocycles. The number of carbonyl (C=O) groups is 1. The standard InChI is InChI=1S/C17H20ClN3O4S/c18-13-3-4-16(12(5-13)8-19)26(24,25)20-14-6-15(7-14)21(10-17(22)23)9-11-1-2-11/h3-5,11,14-15,20H,1-2,6-7,9-10H2,(H,22,23). The van der Waals surface area contributed by atoms with E-state index in [0.717, 1.165) is 19.4 Å². The van der Waals surface area contributed by atoms with Gasteiger partial charge >= 0.3 is 5.97 Å². The van der Waals surface area contributed by atoms with Crippen molar-refractivity contribution >= 4 is 27.6 Å². The maximum atomic E-state index is 12.6. The summed E-state index contributed by atoms with van der Waals surface area (Å²) in [5.74, 6) is -0.299. The third-order valence-corrected chi connectivity index (χ3v) is 6.64. The number of sulfonamides is 1. The number of hydrogen-bond donors (Lipinski definition) is 2. The summed E-state index contributed by atoms with van der Waals surface area (Å²) in [5.41, 5.74) is 0.00195. The van der Waals surface area contributed by atoms with Crippen LogP contribution < -0.4 is 4.72 Å². The Morgan fingerprint density at radius 2 is 2.08 bits per heavy atom. The van der Waals surface area contributed by atoms with Crippen LogP contribution in [0.2, 0.25) is 5.02 Å². The van der Waals surface area contributed by atoms with Gasteiger partial charge in [-0.2, -0.15) is 5.26 Å². The van der Waals surface area contributed by atoms with E-state index in [4.69, 9.17) is 22.0 Å². The average Bonchev–Trinajstić information content (AvgIpc) is 3.33. The van der Waals surface area contributed by atoms with Gasteiger partial charge in [0.2, 0.25) is 10.0 Å². The Kier molecular flexibility index (Phi) is 5.53. The summed E-state index contributed by atoms with van der Waals surface area (Å²) >= 11 is 5.81. The number of nitrogens with one attached hydrogen (secondary N) is 1. The molecule has 2 aliphatic rings. The minimum Gasteiger partial charge on any atom is -0.480 e. The lowest BCUT2D eigenvalue weighted by Crippen LogP contribution is -2.55. The zero-order chi connectivity index (χ0) is 18.9. The summed E-state index contributed by atoms with van der Waals surface area (Å²) in [5, 5.41) is 18.5. The fourth-order valence-electron chi connectivity index (χ4n) is 3.24. The highest BCUT2D eigenvalue weighted by Gasteiger charge is 2.39. The van der Waals surface area contributed by atoms with E-state index in [1.807, 2.05) is 11.0 Å². The predicted octanol–water partition coefficient (Wildman–Crippen LogP) is 1.82. The predicted molar refractivity (Wildman–Crippen MR) is 95.2 cm³/mol. The van der Waals surface area contributed by atoms with Crippen molar-refractivity contribution in [3.05, 3.63) is 28.8 Å². The van der Waals surface area contributed by atoms with Crippen molar-refractivity contribution in [2.75, 3.05) is 13.1 Å². The van der Waals surface area contributed by atoms with Crippen molar-refractivity contribution in [3.63, 3.8) is 0 Å². The molecule has 0 aliphatic heterocycles. The molecule has 0 aromatic heterocycles. The van der Waals surface area contributed by atoms with Crippen LogP contribution >= 0.6 is 11.6 Å². The summed E-state index contributed by atoms with van der Waals surface area (Å²) in [4.78, 5) is 12.9. The highest BCUT2D eigenvalue weighted by Crippen LogP contribution is 2.34. The van der Waals surface area contributed by atoms with Gasteiger partial charge in [0.05, 0.1) is 17.0 Å². The molecule has 1 aromatic carbocycles. The molecule has 2 fully saturated rings. The Labute approximate surface area is 157 Å². The topological polar surface area (TPSA) is 110 Å². The third-order valence-electron chi connectivity index (χ3n) is 4.83.